The molecule has 10 aromatic rings. The molecule has 0 bridgehead atoms. The van der Waals surface area contributed by atoms with Crippen LogP contribution >= 0.6 is 0 Å². The molecular weight excluding hydrogens is 569 g/mol. The molecule has 0 saturated heterocycles. The van der Waals surface area contributed by atoms with Gasteiger partial charge in [0.25, 0.3) is 0 Å². The van der Waals surface area contributed by atoms with E-state index in [4.69, 9.17) is 23.6 Å². The standard InChI is InChI=1S/C46H28O/c1-2-14-31-28-43-41(27-30(31)13-1)46-40(24-11-25-42(46)47-43)45-38-21-7-5-19-36(38)44(37-20-6-8-22-39(37)45)33-17-9-16-32(26-33)35-23-10-15-29-12-3-4-18-34(29)35/h1-28H/i1D,2D,3D,4D,10D,11D,12D,13D,14D,15D,18D,23D,24D,25D,27D,28D. The van der Waals surface area contributed by atoms with Gasteiger partial charge in [-0.05, 0) is 101 Å². The smallest absolute Gasteiger partial charge is 0.136 e. The Morgan fingerprint density at radius 3 is 1.77 bits per heavy atom. The van der Waals surface area contributed by atoms with E-state index in [2.05, 4.69) is 0 Å². The van der Waals surface area contributed by atoms with Crippen LogP contribution in [0.1, 0.15) is 21.9 Å². The summed E-state index contributed by atoms with van der Waals surface area (Å²) >= 11 is 0. The van der Waals surface area contributed by atoms with Crippen molar-refractivity contribution < 1.29 is 26.3 Å². The lowest BCUT2D eigenvalue weighted by atomic mass is 9.84. The summed E-state index contributed by atoms with van der Waals surface area (Å²) in [5.74, 6) is 0. The van der Waals surface area contributed by atoms with Gasteiger partial charge in [0.05, 0.1) is 21.9 Å². The first-order chi connectivity index (χ1) is 30.0. The number of furan rings is 1. The van der Waals surface area contributed by atoms with E-state index in [0.717, 1.165) is 0 Å². The van der Waals surface area contributed by atoms with Crippen molar-refractivity contribution in [1.82, 2.24) is 0 Å². The van der Waals surface area contributed by atoms with Crippen LogP contribution in [0.2, 0.25) is 0 Å². The van der Waals surface area contributed by atoms with Crippen molar-refractivity contribution in [3.05, 3.63) is 169 Å². The van der Waals surface area contributed by atoms with E-state index in [1.807, 2.05) is 42.5 Å². The monoisotopic (exact) mass is 612 g/mol. The van der Waals surface area contributed by atoms with Crippen LogP contribution in [0.3, 0.4) is 0 Å². The fourth-order valence-electron chi connectivity index (χ4n) is 6.67. The van der Waals surface area contributed by atoms with Crippen LogP contribution in [0.4, 0.5) is 0 Å². The highest BCUT2D eigenvalue weighted by molar-refractivity contribution is 6.26. The third-order valence-corrected chi connectivity index (χ3v) is 8.63. The summed E-state index contributed by atoms with van der Waals surface area (Å²) in [6, 6.07) is 13.9. The Balaban J connectivity index is 1.34. The van der Waals surface area contributed by atoms with Crippen molar-refractivity contribution >= 4 is 65.0 Å². The summed E-state index contributed by atoms with van der Waals surface area (Å²) in [7, 11) is 0. The van der Waals surface area contributed by atoms with Crippen molar-refractivity contribution in [3.63, 3.8) is 0 Å². The molecule has 1 heterocycles. The second kappa shape index (κ2) is 10.2. The van der Waals surface area contributed by atoms with Crippen LogP contribution in [0.5, 0.6) is 0 Å². The Morgan fingerprint density at radius 1 is 0.404 bits per heavy atom. The molecule has 1 nitrogen and oxygen atoms in total. The Kier molecular flexibility index (Phi) is 3.23. The summed E-state index contributed by atoms with van der Waals surface area (Å²) in [6.45, 7) is 0. The molecule has 0 saturated carbocycles. The summed E-state index contributed by atoms with van der Waals surface area (Å²) in [5, 5.41) is 1.80. The molecule has 0 fully saturated rings. The molecule has 1 heteroatoms. The highest BCUT2D eigenvalue weighted by Gasteiger charge is 2.20. The molecule has 0 unspecified atom stereocenters. The molecule has 9 aromatic carbocycles. The molecular formula is C46H28O. The maximum Gasteiger partial charge on any atom is 0.136 e. The minimum Gasteiger partial charge on any atom is -0.456 e. The van der Waals surface area contributed by atoms with E-state index in [9.17, 15) is 2.74 Å². The molecule has 0 radical (unpaired) electrons. The fourth-order valence-corrected chi connectivity index (χ4v) is 6.67. The molecule has 47 heavy (non-hydrogen) atoms. The van der Waals surface area contributed by atoms with Gasteiger partial charge in [0.1, 0.15) is 11.2 Å². The van der Waals surface area contributed by atoms with E-state index < -0.39 is 78.6 Å². The van der Waals surface area contributed by atoms with E-state index in [1.165, 1.54) is 0 Å². The second-order valence-corrected chi connectivity index (χ2v) is 11.2. The van der Waals surface area contributed by atoms with E-state index >= 15 is 0 Å². The number of fused-ring (bicyclic) bond motifs is 7. The highest BCUT2D eigenvalue weighted by atomic mass is 16.3. The molecule has 0 amide bonds. The number of hydrogen-bond acceptors (Lipinski definition) is 1. The predicted octanol–water partition coefficient (Wildman–Crippen LogP) is 13.2. The molecule has 218 valence electrons. The van der Waals surface area contributed by atoms with Crippen LogP contribution in [-0.4, -0.2) is 0 Å². The maximum atomic E-state index is 9.49. The molecule has 0 N–H and O–H groups in total. The summed E-state index contributed by atoms with van der Waals surface area (Å²) in [4.78, 5) is 0. The third kappa shape index (κ3) is 3.97. The van der Waals surface area contributed by atoms with Crippen molar-refractivity contribution in [3.8, 4) is 33.4 Å². The molecule has 0 aliphatic carbocycles. The molecule has 0 aliphatic rings. The predicted molar refractivity (Wildman–Crippen MR) is 200 cm³/mol. The van der Waals surface area contributed by atoms with Gasteiger partial charge in [-0.15, -0.1) is 0 Å². The lowest BCUT2D eigenvalue weighted by Crippen LogP contribution is -1.91. The lowest BCUT2D eigenvalue weighted by molar-refractivity contribution is 0.669. The van der Waals surface area contributed by atoms with Gasteiger partial charge in [0, 0.05) is 10.8 Å². The summed E-state index contributed by atoms with van der Waals surface area (Å²) < 4.78 is 147. The van der Waals surface area contributed by atoms with Crippen LogP contribution < -0.4 is 0 Å². The average Bonchev–Trinajstić information content (AvgIpc) is 3.69. The quantitative estimate of drug-likeness (QED) is 0.181. The van der Waals surface area contributed by atoms with Gasteiger partial charge in [0.15, 0.2) is 0 Å². The normalized spacial score (nSPS) is 16.6. The van der Waals surface area contributed by atoms with Gasteiger partial charge in [-0.1, -0.05) is 145 Å². The lowest BCUT2D eigenvalue weighted by Gasteiger charge is -2.19. The first-order valence-electron chi connectivity index (χ1n) is 22.9. The molecule has 0 atom stereocenters. The van der Waals surface area contributed by atoms with Gasteiger partial charge < -0.3 is 4.42 Å². The number of hydrogen-bond donors (Lipinski definition) is 0. The first-order valence-corrected chi connectivity index (χ1v) is 14.9. The van der Waals surface area contributed by atoms with Crippen molar-refractivity contribution in [2.75, 3.05) is 0 Å². The third-order valence-electron chi connectivity index (χ3n) is 8.63. The Morgan fingerprint density at radius 2 is 1.00 bits per heavy atom. The number of benzene rings is 9. The zero-order valence-electron chi connectivity index (χ0n) is 40.3. The van der Waals surface area contributed by atoms with Gasteiger partial charge in [-0.2, -0.15) is 0 Å². The first kappa shape index (κ1) is 14.9. The number of rotatable bonds is 3. The average molecular weight is 613 g/mol. The van der Waals surface area contributed by atoms with E-state index in [0.29, 0.717) is 43.8 Å². The van der Waals surface area contributed by atoms with E-state index in [-0.39, 0.29) is 72.7 Å². The van der Waals surface area contributed by atoms with Crippen LogP contribution in [-0.2, 0) is 0 Å². The molecule has 1 aromatic heterocycles. The van der Waals surface area contributed by atoms with Gasteiger partial charge in [0.2, 0.25) is 0 Å². The minimum atomic E-state index is -0.592. The zero-order chi connectivity index (χ0) is 44.8. The molecule has 0 aliphatic heterocycles. The van der Waals surface area contributed by atoms with Crippen molar-refractivity contribution in [2.24, 2.45) is 0 Å². The van der Waals surface area contributed by atoms with E-state index in [1.54, 1.807) is 30.3 Å². The zero-order valence-corrected chi connectivity index (χ0v) is 24.3. The topological polar surface area (TPSA) is 13.1 Å². The van der Waals surface area contributed by atoms with Crippen LogP contribution in [0.15, 0.2) is 174 Å². The Bertz CT molecular complexity index is 3700. The van der Waals surface area contributed by atoms with Gasteiger partial charge >= 0.3 is 0 Å². The maximum absolute atomic E-state index is 9.49. The van der Waals surface area contributed by atoms with Crippen LogP contribution in [0, 0.1) is 0 Å². The van der Waals surface area contributed by atoms with Crippen molar-refractivity contribution in [2.45, 2.75) is 0 Å². The van der Waals surface area contributed by atoms with Gasteiger partial charge in [-0.25, -0.2) is 0 Å². The fraction of sp³-hybridized carbons (Fsp3) is 0. The Labute approximate surface area is 294 Å². The highest BCUT2D eigenvalue weighted by Crippen LogP contribution is 2.47. The summed E-state index contributed by atoms with van der Waals surface area (Å²) in [6.07, 6.45) is 0. The van der Waals surface area contributed by atoms with Gasteiger partial charge in [-0.3, -0.25) is 0 Å². The largest absolute Gasteiger partial charge is 0.456 e. The second-order valence-electron chi connectivity index (χ2n) is 11.2. The Hall–Kier alpha value is -6.18. The van der Waals surface area contributed by atoms with Crippen LogP contribution in [0.25, 0.3) is 98.4 Å². The minimum absolute atomic E-state index is 0.0432. The summed E-state index contributed by atoms with van der Waals surface area (Å²) in [5.41, 5.74) is 1.86. The molecule has 10 rings (SSSR count). The SMILES string of the molecule is [2H]c1c([2H])c(-c2c3ccccc3c(-c3cccc(-c4c([2H])c([2H])c([2H])c5c([2H])c([2H])c([2H])c([2H])c45)c3)c3ccccc23)c2c(oc3c([2H])c4c([2H])c([2H])c([2H])c([2H])c4c([2H])c32)c1[2H]. The molecule has 0 spiro atoms. The van der Waals surface area contributed by atoms with Crippen molar-refractivity contribution in [1.29, 1.82) is 0 Å².